The summed E-state index contributed by atoms with van der Waals surface area (Å²) >= 11 is 0. The van der Waals surface area contributed by atoms with Gasteiger partial charge in [-0.3, -0.25) is 9.59 Å². The third-order valence-electron chi connectivity index (χ3n) is 3.42. The fourth-order valence-corrected chi connectivity index (χ4v) is 2.33. The Morgan fingerprint density at radius 1 is 1.35 bits per heavy atom. The molecule has 1 heterocycles. The Hall–Kier alpha value is -2.04. The van der Waals surface area contributed by atoms with Gasteiger partial charge in [-0.1, -0.05) is 6.07 Å². The normalized spacial score (nSPS) is 15.8. The Morgan fingerprint density at radius 3 is 2.65 bits per heavy atom. The topological polar surface area (TPSA) is 55.8 Å². The second-order valence-electron chi connectivity index (χ2n) is 4.79. The van der Waals surface area contributed by atoms with Crippen molar-refractivity contribution in [2.45, 2.75) is 25.9 Å². The maximum atomic E-state index is 12.2. The summed E-state index contributed by atoms with van der Waals surface area (Å²) in [7, 11) is 1.50. The molecule has 20 heavy (non-hydrogen) atoms. The molecule has 1 aliphatic heterocycles. The van der Waals surface area contributed by atoms with E-state index in [4.69, 9.17) is 9.47 Å². The van der Waals surface area contributed by atoms with Crippen LogP contribution in [0.2, 0.25) is 0 Å². The third-order valence-corrected chi connectivity index (χ3v) is 3.42. The summed E-state index contributed by atoms with van der Waals surface area (Å²) in [6.45, 7) is 3.25. The lowest BCUT2D eigenvalue weighted by molar-refractivity contribution is -0.136. The summed E-state index contributed by atoms with van der Waals surface area (Å²) in [5.74, 6) is 0.728. The number of methoxy groups -OCH3 is 1. The number of rotatable bonds is 5. The van der Waals surface area contributed by atoms with E-state index in [9.17, 15) is 9.59 Å². The zero-order valence-corrected chi connectivity index (χ0v) is 11.8. The van der Waals surface area contributed by atoms with Crippen molar-refractivity contribution in [3.8, 4) is 11.5 Å². The van der Waals surface area contributed by atoms with Crippen LogP contribution in [0.15, 0.2) is 18.2 Å². The van der Waals surface area contributed by atoms with E-state index in [0.29, 0.717) is 23.3 Å². The summed E-state index contributed by atoms with van der Waals surface area (Å²) < 4.78 is 10.9. The highest BCUT2D eigenvalue weighted by molar-refractivity contribution is 5.83. The molecule has 5 nitrogen and oxygen atoms in total. The third kappa shape index (κ3) is 2.92. The van der Waals surface area contributed by atoms with Crippen molar-refractivity contribution >= 4 is 12.2 Å². The van der Waals surface area contributed by atoms with Crippen molar-refractivity contribution in [1.29, 1.82) is 0 Å². The van der Waals surface area contributed by atoms with Crippen LogP contribution in [0, 0.1) is 0 Å². The van der Waals surface area contributed by atoms with Gasteiger partial charge in [0.25, 0.3) is 5.91 Å². The molecule has 5 heteroatoms. The molecule has 1 amide bonds. The molecule has 108 valence electrons. The molecular weight excluding hydrogens is 258 g/mol. The lowest BCUT2D eigenvalue weighted by atomic mass is 10.2. The summed E-state index contributed by atoms with van der Waals surface area (Å²) in [4.78, 5) is 25.1. The molecule has 1 atom stereocenters. The molecule has 1 saturated heterocycles. The molecule has 2 rings (SSSR count). The van der Waals surface area contributed by atoms with Crippen molar-refractivity contribution in [2.75, 3.05) is 20.2 Å². The first kappa shape index (κ1) is 14.4. The average Bonchev–Trinajstić information content (AvgIpc) is 3.00. The molecular formula is C15H19NO4. The van der Waals surface area contributed by atoms with Crippen LogP contribution in [0.5, 0.6) is 11.5 Å². The monoisotopic (exact) mass is 277 g/mol. The number of amides is 1. The molecule has 1 aromatic rings. The number of carbonyl (C=O) groups is 2. The molecule has 0 bridgehead atoms. The van der Waals surface area contributed by atoms with Crippen molar-refractivity contribution in [3.05, 3.63) is 23.8 Å². The number of carbonyl (C=O) groups excluding carboxylic acids is 2. The molecule has 1 fully saturated rings. The van der Waals surface area contributed by atoms with Crippen LogP contribution in [0.1, 0.15) is 30.1 Å². The first-order valence-corrected chi connectivity index (χ1v) is 6.75. The van der Waals surface area contributed by atoms with E-state index in [1.54, 1.807) is 30.0 Å². The van der Waals surface area contributed by atoms with Crippen LogP contribution in [0.25, 0.3) is 0 Å². The van der Waals surface area contributed by atoms with Crippen LogP contribution in [0.3, 0.4) is 0 Å². The fourth-order valence-electron chi connectivity index (χ4n) is 2.33. The quantitative estimate of drug-likeness (QED) is 0.771. The maximum Gasteiger partial charge on any atom is 0.263 e. The van der Waals surface area contributed by atoms with E-state index < -0.39 is 6.10 Å². The van der Waals surface area contributed by atoms with Gasteiger partial charge in [0.15, 0.2) is 23.9 Å². The summed E-state index contributed by atoms with van der Waals surface area (Å²) in [5, 5.41) is 0. The number of para-hydroxylation sites is 1. The van der Waals surface area contributed by atoms with Gasteiger partial charge in [-0.05, 0) is 31.9 Å². The van der Waals surface area contributed by atoms with Crippen molar-refractivity contribution in [3.63, 3.8) is 0 Å². The van der Waals surface area contributed by atoms with E-state index >= 15 is 0 Å². The second kappa shape index (κ2) is 6.41. The molecule has 0 saturated carbocycles. The smallest absolute Gasteiger partial charge is 0.263 e. The van der Waals surface area contributed by atoms with E-state index in [2.05, 4.69) is 0 Å². The van der Waals surface area contributed by atoms with Gasteiger partial charge in [-0.15, -0.1) is 0 Å². The van der Waals surface area contributed by atoms with Gasteiger partial charge in [0.05, 0.1) is 12.7 Å². The van der Waals surface area contributed by atoms with Gasteiger partial charge in [-0.25, -0.2) is 0 Å². The molecule has 0 spiro atoms. The zero-order chi connectivity index (χ0) is 14.5. The number of nitrogens with zero attached hydrogens (tertiary/aromatic N) is 1. The van der Waals surface area contributed by atoms with Crippen molar-refractivity contribution in [2.24, 2.45) is 0 Å². The van der Waals surface area contributed by atoms with Gasteiger partial charge in [0, 0.05) is 13.1 Å². The molecule has 0 N–H and O–H groups in total. The highest BCUT2D eigenvalue weighted by Crippen LogP contribution is 2.31. The Morgan fingerprint density at radius 2 is 2.05 bits per heavy atom. The Kier molecular flexibility index (Phi) is 4.61. The van der Waals surface area contributed by atoms with Gasteiger partial charge >= 0.3 is 0 Å². The van der Waals surface area contributed by atoms with Crippen LogP contribution in [0.4, 0.5) is 0 Å². The number of benzene rings is 1. The second-order valence-corrected chi connectivity index (χ2v) is 4.79. The molecule has 1 unspecified atom stereocenters. The Bertz CT molecular complexity index is 495. The number of likely N-dealkylation sites (tertiary alicyclic amines) is 1. The van der Waals surface area contributed by atoms with Crippen LogP contribution in [-0.2, 0) is 4.79 Å². The molecule has 0 radical (unpaired) electrons. The van der Waals surface area contributed by atoms with Crippen molar-refractivity contribution < 1.29 is 19.1 Å². The van der Waals surface area contributed by atoms with Gasteiger partial charge in [0.1, 0.15) is 0 Å². The SMILES string of the molecule is COc1cccc(C=O)c1OC(C)C(=O)N1CCCC1. The van der Waals surface area contributed by atoms with E-state index in [0.717, 1.165) is 25.9 Å². The minimum Gasteiger partial charge on any atom is -0.493 e. The fraction of sp³-hybridized carbons (Fsp3) is 0.467. The molecule has 1 aliphatic rings. The molecule has 1 aromatic carbocycles. The van der Waals surface area contributed by atoms with Gasteiger partial charge in [-0.2, -0.15) is 0 Å². The minimum atomic E-state index is -0.636. The molecule has 0 aliphatic carbocycles. The summed E-state index contributed by atoms with van der Waals surface area (Å²) in [6.07, 6.45) is 2.13. The van der Waals surface area contributed by atoms with Crippen molar-refractivity contribution in [1.82, 2.24) is 4.90 Å². The summed E-state index contributed by atoms with van der Waals surface area (Å²) in [5.41, 5.74) is 0.380. The predicted molar refractivity (Wildman–Crippen MR) is 74.3 cm³/mol. The number of hydrogen-bond donors (Lipinski definition) is 0. The number of ether oxygens (including phenoxy) is 2. The minimum absolute atomic E-state index is 0.0507. The standard InChI is InChI=1S/C15H19NO4/c1-11(15(18)16-8-3-4-9-16)20-14-12(10-17)6-5-7-13(14)19-2/h5-7,10-11H,3-4,8-9H2,1-2H3. The maximum absolute atomic E-state index is 12.2. The predicted octanol–water partition coefficient (Wildman–Crippen LogP) is 1.90. The van der Waals surface area contributed by atoms with Crippen LogP contribution in [-0.4, -0.2) is 43.4 Å². The van der Waals surface area contributed by atoms with Gasteiger partial charge < -0.3 is 14.4 Å². The molecule has 0 aromatic heterocycles. The van der Waals surface area contributed by atoms with Crippen LogP contribution < -0.4 is 9.47 Å². The average molecular weight is 277 g/mol. The van der Waals surface area contributed by atoms with E-state index in [-0.39, 0.29) is 5.91 Å². The van der Waals surface area contributed by atoms with E-state index in [1.165, 1.54) is 7.11 Å². The first-order chi connectivity index (χ1) is 9.67. The van der Waals surface area contributed by atoms with Crippen LogP contribution >= 0.6 is 0 Å². The number of hydrogen-bond acceptors (Lipinski definition) is 4. The Balaban J connectivity index is 2.16. The zero-order valence-electron chi connectivity index (χ0n) is 11.8. The Labute approximate surface area is 118 Å². The first-order valence-electron chi connectivity index (χ1n) is 6.75. The highest BCUT2D eigenvalue weighted by atomic mass is 16.5. The van der Waals surface area contributed by atoms with E-state index in [1.807, 2.05) is 0 Å². The largest absolute Gasteiger partial charge is 0.493 e. The van der Waals surface area contributed by atoms with Gasteiger partial charge in [0.2, 0.25) is 0 Å². The lowest BCUT2D eigenvalue weighted by Gasteiger charge is -2.22. The summed E-state index contributed by atoms with van der Waals surface area (Å²) in [6, 6.07) is 5.05. The highest BCUT2D eigenvalue weighted by Gasteiger charge is 2.26. The lowest BCUT2D eigenvalue weighted by Crippen LogP contribution is -2.38. The number of aldehydes is 1.